The summed E-state index contributed by atoms with van der Waals surface area (Å²) in [5, 5.41) is 1.55. The standard InChI is InChI=1S/C13H17N3OS/c1-8-4-11(5-9(2)14)6-15-12(8)18-13-16-10(3)7-17-13/h4,6-7,9H,5,14H2,1-3H3. The van der Waals surface area contributed by atoms with E-state index in [0.717, 1.165) is 28.3 Å². The van der Waals surface area contributed by atoms with Crippen LogP contribution in [0.3, 0.4) is 0 Å². The number of hydrogen-bond acceptors (Lipinski definition) is 5. The lowest BCUT2D eigenvalue weighted by atomic mass is 10.1. The van der Waals surface area contributed by atoms with E-state index in [1.54, 1.807) is 6.26 Å². The molecule has 0 spiro atoms. The molecule has 2 aromatic rings. The van der Waals surface area contributed by atoms with Gasteiger partial charge in [0.25, 0.3) is 5.22 Å². The highest BCUT2D eigenvalue weighted by molar-refractivity contribution is 7.99. The van der Waals surface area contributed by atoms with Crippen molar-refractivity contribution in [3.63, 3.8) is 0 Å². The Morgan fingerprint density at radius 1 is 1.44 bits per heavy atom. The van der Waals surface area contributed by atoms with E-state index >= 15 is 0 Å². The molecule has 0 saturated carbocycles. The van der Waals surface area contributed by atoms with Gasteiger partial charge in [0.1, 0.15) is 11.3 Å². The molecule has 0 aliphatic heterocycles. The third-order valence-electron chi connectivity index (χ3n) is 2.43. The van der Waals surface area contributed by atoms with E-state index in [-0.39, 0.29) is 6.04 Å². The van der Waals surface area contributed by atoms with Gasteiger partial charge in [-0.15, -0.1) is 0 Å². The molecule has 0 aliphatic carbocycles. The van der Waals surface area contributed by atoms with Crippen LogP contribution in [0.4, 0.5) is 0 Å². The van der Waals surface area contributed by atoms with Crippen LogP contribution in [0.25, 0.3) is 0 Å². The highest BCUT2D eigenvalue weighted by atomic mass is 32.2. The first-order chi connectivity index (χ1) is 8.54. The van der Waals surface area contributed by atoms with Gasteiger partial charge in [0.2, 0.25) is 0 Å². The van der Waals surface area contributed by atoms with Crippen molar-refractivity contribution in [1.29, 1.82) is 0 Å². The minimum atomic E-state index is 0.152. The fraction of sp³-hybridized carbons (Fsp3) is 0.385. The first kappa shape index (κ1) is 13.1. The Hall–Kier alpha value is -1.33. The third kappa shape index (κ3) is 3.34. The van der Waals surface area contributed by atoms with E-state index in [2.05, 4.69) is 16.0 Å². The minimum Gasteiger partial charge on any atom is -0.439 e. The van der Waals surface area contributed by atoms with Crippen LogP contribution in [0.5, 0.6) is 0 Å². The van der Waals surface area contributed by atoms with Gasteiger partial charge < -0.3 is 10.2 Å². The summed E-state index contributed by atoms with van der Waals surface area (Å²) in [6.45, 7) is 5.93. The normalized spacial score (nSPS) is 12.7. The molecule has 0 fully saturated rings. The molecule has 2 rings (SSSR count). The van der Waals surface area contributed by atoms with Crippen molar-refractivity contribution in [3.8, 4) is 0 Å². The second-order valence-electron chi connectivity index (χ2n) is 4.50. The van der Waals surface area contributed by atoms with E-state index in [1.807, 2.05) is 27.0 Å². The first-order valence-corrected chi connectivity index (χ1v) is 6.67. The Kier molecular flexibility index (Phi) is 4.04. The molecule has 0 aliphatic rings. The molecule has 2 heterocycles. The lowest BCUT2D eigenvalue weighted by Gasteiger charge is -2.07. The second kappa shape index (κ2) is 5.54. The number of oxazole rings is 1. The summed E-state index contributed by atoms with van der Waals surface area (Å²) in [4.78, 5) is 8.70. The molecule has 96 valence electrons. The van der Waals surface area contributed by atoms with Crippen LogP contribution in [0.2, 0.25) is 0 Å². The van der Waals surface area contributed by atoms with Gasteiger partial charge in [-0.25, -0.2) is 9.97 Å². The monoisotopic (exact) mass is 263 g/mol. The minimum absolute atomic E-state index is 0.152. The summed E-state index contributed by atoms with van der Waals surface area (Å²) in [6, 6.07) is 2.27. The summed E-state index contributed by atoms with van der Waals surface area (Å²) < 4.78 is 5.31. The third-order valence-corrected chi connectivity index (χ3v) is 3.41. The molecule has 1 unspecified atom stereocenters. The number of hydrogen-bond donors (Lipinski definition) is 1. The van der Waals surface area contributed by atoms with Gasteiger partial charge in [-0.05, 0) is 50.1 Å². The van der Waals surface area contributed by atoms with E-state index in [4.69, 9.17) is 10.2 Å². The van der Waals surface area contributed by atoms with Gasteiger partial charge >= 0.3 is 0 Å². The van der Waals surface area contributed by atoms with Crippen LogP contribution in [0.15, 0.2) is 33.2 Å². The maximum Gasteiger partial charge on any atom is 0.262 e. The van der Waals surface area contributed by atoms with Gasteiger partial charge in [0.15, 0.2) is 0 Å². The van der Waals surface area contributed by atoms with Crippen LogP contribution >= 0.6 is 11.8 Å². The number of nitrogens with two attached hydrogens (primary N) is 1. The zero-order chi connectivity index (χ0) is 13.1. The summed E-state index contributed by atoms with van der Waals surface area (Å²) in [7, 11) is 0. The average Bonchev–Trinajstić information content (AvgIpc) is 2.67. The van der Waals surface area contributed by atoms with Crippen molar-refractivity contribution < 1.29 is 4.42 Å². The van der Waals surface area contributed by atoms with Crippen LogP contribution in [0.1, 0.15) is 23.7 Å². The van der Waals surface area contributed by atoms with Crippen molar-refractivity contribution in [2.75, 3.05) is 0 Å². The fourth-order valence-electron chi connectivity index (χ4n) is 1.67. The molecule has 2 N–H and O–H groups in total. The van der Waals surface area contributed by atoms with Crippen molar-refractivity contribution >= 4 is 11.8 Å². The van der Waals surface area contributed by atoms with Crippen LogP contribution < -0.4 is 5.73 Å². The van der Waals surface area contributed by atoms with Gasteiger partial charge in [0.05, 0.1) is 5.69 Å². The summed E-state index contributed by atoms with van der Waals surface area (Å²) in [5.74, 6) is 0. The quantitative estimate of drug-likeness (QED) is 0.918. The molecular formula is C13H17N3OS. The van der Waals surface area contributed by atoms with Crippen LogP contribution in [0, 0.1) is 13.8 Å². The van der Waals surface area contributed by atoms with Crippen molar-refractivity contribution in [2.45, 2.75) is 43.5 Å². The molecule has 0 saturated heterocycles. The summed E-state index contributed by atoms with van der Waals surface area (Å²) in [5.41, 5.74) is 8.94. The predicted molar refractivity (Wildman–Crippen MR) is 71.7 cm³/mol. The number of nitrogens with zero attached hydrogens (tertiary/aromatic N) is 2. The van der Waals surface area contributed by atoms with Crippen LogP contribution in [-0.4, -0.2) is 16.0 Å². The van der Waals surface area contributed by atoms with Crippen molar-refractivity contribution in [2.24, 2.45) is 5.73 Å². The Bertz CT molecular complexity index is 537. The van der Waals surface area contributed by atoms with E-state index in [9.17, 15) is 0 Å². The Balaban J connectivity index is 2.14. The Labute approximate surface area is 111 Å². The van der Waals surface area contributed by atoms with Crippen molar-refractivity contribution in [3.05, 3.63) is 35.3 Å². The second-order valence-corrected chi connectivity index (χ2v) is 5.44. The molecule has 0 amide bonds. The zero-order valence-electron chi connectivity index (χ0n) is 10.8. The maximum atomic E-state index is 5.78. The molecule has 4 nitrogen and oxygen atoms in total. The SMILES string of the molecule is Cc1coc(Sc2ncc(CC(C)N)cc2C)n1. The highest BCUT2D eigenvalue weighted by Gasteiger charge is 2.09. The number of rotatable bonds is 4. The largest absolute Gasteiger partial charge is 0.439 e. The molecule has 5 heteroatoms. The topological polar surface area (TPSA) is 64.9 Å². The van der Waals surface area contributed by atoms with E-state index < -0.39 is 0 Å². The molecule has 0 radical (unpaired) electrons. The average molecular weight is 263 g/mol. The highest BCUT2D eigenvalue weighted by Crippen LogP contribution is 2.28. The summed E-state index contributed by atoms with van der Waals surface area (Å²) in [6.07, 6.45) is 4.35. The van der Waals surface area contributed by atoms with Crippen molar-refractivity contribution in [1.82, 2.24) is 9.97 Å². The number of aryl methyl sites for hydroxylation is 2. The molecular weight excluding hydrogens is 246 g/mol. The number of pyridine rings is 1. The van der Waals surface area contributed by atoms with E-state index in [0.29, 0.717) is 5.22 Å². The maximum absolute atomic E-state index is 5.78. The van der Waals surface area contributed by atoms with Gasteiger partial charge in [-0.3, -0.25) is 0 Å². The Morgan fingerprint density at radius 2 is 2.22 bits per heavy atom. The zero-order valence-corrected chi connectivity index (χ0v) is 11.6. The van der Waals surface area contributed by atoms with Crippen LogP contribution in [-0.2, 0) is 6.42 Å². The van der Waals surface area contributed by atoms with Gasteiger partial charge in [-0.2, -0.15) is 0 Å². The van der Waals surface area contributed by atoms with E-state index in [1.165, 1.54) is 11.8 Å². The first-order valence-electron chi connectivity index (χ1n) is 5.85. The predicted octanol–water partition coefficient (Wildman–Crippen LogP) is 2.73. The molecule has 2 aromatic heterocycles. The number of aromatic nitrogens is 2. The molecule has 0 bridgehead atoms. The lowest BCUT2D eigenvalue weighted by molar-refractivity contribution is 0.453. The molecule has 0 aromatic carbocycles. The fourth-order valence-corrected chi connectivity index (χ4v) is 2.45. The molecule has 18 heavy (non-hydrogen) atoms. The van der Waals surface area contributed by atoms with Gasteiger partial charge in [-0.1, -0.05) is 6.07 Å². The smallest absolute Gasteiger partial charge is 0.262 e. The summed E-state index contributed by atoms with van der Waals surface area (Å²) >= 11 is 1.44. The molecule has 1 atom stereocenters. The van der Waals surface area contributed by atoms with Gasteiger partial charge in [0, 0.05) is 12.2 Å². The lowest BCUT2D eigenvalue weighted by Crippen LogP contribution is -2.17. The Morgan fingerprint density at radius 3 is 2.78 bits per heavy atom.